The number of nitrogens with one attached hydrogen (secondary N) is 1. The normalized spacial score (nSPS) is 18.5. The second-order valence-electron chi connectivity index (χ2n) is 5.66. The Bertz CT molecular complexity index is 501. The summed E-state index contributed by atoms with van der Waals surface area (Å²) in [5, 5.41) is 12.8. The number of nitrogens with zero attached hydrogens (tertiary/aromatic N) is 1. The minimum Gasteiger partial charge on any atom is -0.468 e. The number of benzene rings is 1. The molecule has 1 aromatic carbocycles. The molecule has 0 unspecified atom stereocenters. The van der Waals surface area contributed by atoms with Gasteiger partial charge in [-0.1, -0.05) is 49.6 Å². The summed E-state index contributed by atoms with van der Waals surface area (Å²) < 4.78 is 4.90. The van der Waals surface area contributed by atoms with Crippen molar-refractivity contribution in [3.05, 3.63) is 35.9 Å². The molecule has 0 saturated heterocycles. The van der Waals surface area contributed by atoms with Crippen molar-refractivity contribution < 1.29 is 9.53 Å². The lowest BCUT2D eigenvalue weighted by Crippen LogP contribution is -2.54. The number of carbonyl (C=O) groups is 1. The summed E-state index contributed by atoms with van der Waals surface area (Å²) in [7, 11) is 1.39. The Morgan fingerprint density at radius 3 is 2.57 bits per heavy atom. The molecule has 1 aliphatic rings. The minimum atomic E-state index is -0.591. The van der Waals surface area contributed by atoms with Crippen molar-refractivity contribution in [2.24, 2.45) is 0 Å². The number of esters is 1. The van der Waals surface area contributed by atoms with Gasteiger partial charge in [0.25, 0.3) is 0 Å². The molecule has 1 N–H and O–H groups in total. The van der Waals surface area contributed by atoms with Gasteiger partial charge in [-0.15, -0.1) is 0 Å². The van der Waals surface area contributed by atoms with E-state index in [4.69, 9.17) is 4.74 Å². The predicted octanol–water partition coefficient (Wildman–Crippen LogP) is 2.59. The highest BCUT2D eigenvalue weighted by molar-refractivity contribution is 5.76. The highest BCUT2D eigenvalue weighted by atomic mass is 16.5. The van der Waals surface area contributed by atoms with Gasteiger partial charge in [0.2, 0.25) is 0 Å². The van der Waals surface area contributed by atoms with E-state index in [2.05, 4.69) is 11.4 Å². The number of methoxy groups -OCH3 is 1. The van der Waals surface area contributed by atoms with Crippen LogP contribution < -0.4 is 5.32 Å². The lowest BCUT2D eigenvalue weighted by Gasteiger charge is -2.34. The van der Waals surface area contributed by atoms with Gasteiger partial charge in [0.15, 0.2) is 0 Å². The molecule has 0 amide bonds. The van der Waals surface area contributed by atoms with Crippen molar-refractivity contribution in [3.8, 4) is 6.07 Å². The molecule has 0 spiro atoms. The second kappa shape index (κ2) is 7.24. The van der Waals surface area contributed by atoms with Crippen LogP contribution in [0.5, 0.6) is 0 Å². The number of ether oxygens (including phenoxy) is 1. The summed E-state index contributed by atoms with van der Waals surface area (Å²) in [6, 6.07) is 11.7. The molecule has 0 bridgehead atoms. The first kappa shape index (κ1) is 15.5. The van der Waals surface area contributed by atoms with Crippen molar-refractivity contribution in [3.63, 3.8) is 0 Å². The van der Waals surface area contributed by atoms with E-state index in [0.717, 1.165) is 37.7 Å². The number of nitriles is 1. The van der Waals surface area contributed by atoms with Crippen molar-refractivity contribution in [2.75, 3.05) is 7.11 Å². The molecule has 1 aliphatic carbocycles. The molecule has 1 saturated carbocycles. The van der Waals surface area contributed by atoms with Gasteiger partial charge in [0.05, 0.1) is 13.2 Å². The highest BCUT2D eigenvalue weighted by Gasteiger charge is 2.36. The molecule has 112 valence electrons. The smallest absolute Gasteiger partial charge is 0.323 e. The van der Waals surface area contributed by atoms with Gasteiger partial charge in [0.1, 0.15) is 11.6 Å². The molecular weight excluding hydrogens is 264 g/mol. The van der Waals surface area contributed by atoms with Gasteiger partial charge >= 0.3 is 5.97 Å². The van der Waals surface area contributed by atoms with Gasteiger partial charge in [0, 0.05) is 0 Å². The maximum absolute atomic E-state index is 12.1. The summed E-state index contributed by atoms with van der Waals surface area (Å²) in [6.07, 6.45) is 5.35. The van der Waals surface area contributed by atoms with Crippen LogP contribution in [0.15, 0.2) is 30.3 Å². The fourth-order valence-corrected chi connectivity index (χ4v) is 2.96. The lowest BCUT2D eigenvalue weighted by molar-refractivity contribution is -0.143. The van der Waals surface area contributed by atoms with Gasteiger partial charge in [-0.05, 0) is 24.8 Å². The fourth-order valence-electron chi connectivity index (χ4n) is 2.96. The third kappa shape index (κ3) is 4.05. The molecule has 2 rings (SSSR count). The van der Waals surface area contributed by atoms with Gasteiger partial charge in [-0.2, -0.15) is 5.26 Å². The lowest BCUT2D eigenvalue weighted by atomic mass is 9.82. The molecule has 0 aromatic heterocycles. The Labute approximate surface area is 126 Å². The minimum absolute atomic E-state index is 0.306. The van der Waals surface area contributed by atoms with Crippen LogP contribution in [0.4, 0.5) is 0 Å². The van der Waals surface area contributed by atoms with Crippen LogP contribution >= 0.6 is 0 Å². The summed E-state index contributed by atoms with van der Waals surface area (Å²) in [5.41, 5.74) is 0.468. The predicted molar refractivity (Wildman–Crippen MR) is 80.5 cm³/mol. The van der Waals surface area contributed by atoms with Crippen molar-refractivity contribution in [2.45, 2.75) is 50.1 Å². The monoisotopic (exact) mass is 286 g/mol. The number of rotatable bonds is 5. The van der Waals surface area contributed by atoms with Crippen LogP contribution in [0, 0.1) is 11.3 Å². The average Bonchev–Trinajstić information content (AvgIpc) is 2.55. The van der Waals surface area contributed by atoms with Crippen LogP contribution in [0.2, 0.25) is 0 Å². The number of hydrogen-bond acceptors (Lipinski definition) is 4. The Morgan fingerprint density at radius 2 is 2.00 bits per heavy atom. The van der Waals surface area contributed by atoms with Crippen LogP contribution in [0.1, 0.15) is 37.7 Å². The quantitative estimate of drug-likeness (QED) is 0.845. The fraction of sp³-hybridized carbons (Fsp3) is 0.529. The van der Waals surface area contributed by atoms with E-state index in [0.29, 0.717) is 6.42 Å². The Hall–Kier alpha value is -1.86. The van der Waals surface area contributed by atoms with Gasteiger partial charge in [-0.3, -0.25) is 10.1 Å². The summed E-state index contributed by atoms with van der Waals surface area (Å²) in [5.74, 6) is -0.306. The summed E-state index contributed by atoms with van der Waals surface area (Å²) in [4.78, 5) is 12.1. The largest absolute Gasteiger partial charge is 0.468 e. The third-order valence-electron chi connectivity index (χ3n) is 4.14. The Kier molecular flexibility index (Phi) is 5.35. The van der Waals surface area contributed by atoms with E-state index in [9.17, 15) is 10.1 Å². The van der Waals surface area contributed by atoms with E-state index in [1.165, 1.54) is 7.11 Å². The van der Waals surface area contributed by atoms with Crippen molar-refractivity contribution >= 4 is 5.97 Å². The zero-order valence-electron chi connectivity index (χ0n) is 12.5. The van der Waals surface area contributed by atoms with Crippen molar-refractivity contribution in [1.29, 1.82) is 5.26 Å². The van der Waals surface area contributed by atoms with Gasteiger partial charge < -0.3 is 4.74 Å². The first-order valence-electron chi connectivity index (χ1n) is 7.50. The molecule has 0 radical (unpaired) electrons. The molecule has 21 heavy (non-hydrogen) atoms. The molecule has 1 atom stereocenters. The first-order valence-corrected chi connectivity index (χ1v) is 7.50. The van der Waals surface area contributed by atoms with E-state index >= 15 is 0 Å². The molecule has 1 aromatic rings. The van der Waals surface area contributed by atoms with Crippen molar-refractivity contribution in [1.82, 2.24) is 5.32 Å². The molecule has 1 fully saturated rings. The highest BCUT2D eigenvalue weighted by Crippen LogP contribution is 2.28. The van der Waals surface area contributed by atoms with Crippen LogP contribution in [-0.4, -0.2) is 24.7 Å². The molecular formula is C17H22N2O2. The summed E-state index contributed by atoms with van der Waals surface area (Å²) >= 11 is 0. The first-order chi connectivity index (χ1) is 10.2. The van der Waals surface area contributed by atoms with Crippen LogP contribution in [0.3, 0.4) is 0 Å². The van der Waals surface area contributed by atoms with Gasteiger partial charge in [-0.25, -0.2) is 0 Å². The average molecular weight is 286 g/mol. The zero-order chi connectivity index (χ0) is 15.1. The number of hydrogen-bond donors (Lipinski definition) is 1. The molecule has 0 aliphatic heterocycles. The molecule has 4 heteroatoms. The SMILES string of the molecule is COC(=O)[C@H](Cc1ccccc1)NC1(C#N)CCCCC1. The van der Waals surface area contributed by atoms with E-state index < -0.39 is 11.6 Å². The topological polar surface area (TPSA) is 62.1 Å². The van der Waals surface area contributed by atoms with E-state index in [1.54, 1.807) is 0 Å². The maximum atomic E-state index is 12.1. The van der Waals surface area contributed by atoms with E-state index in [1.807, 2.05) is 30.3 Å². The Morgan fingerprint density at radius 1 is 1.33 bits per heavy atom. The van der Waals surface area contributed by atoms with Crippen LogP contribution in [-0.2, 0) is 16.0 Å². The molecule has 4 nitrogen and oxygen atoms in total. The Balaban J connectivity index is 2.12. The zero-order valence-corrected chi connectivity index (χ0v) is 12.5. The van der Waals surface area contributed by atoms with E-state index in [-0.39, 0.29) is 5.97 Å². The third-order valence-corrected chi connectivity index (χ3v) is 4.14. The second-order valence-corrected chi connectivity index (χ2v) is 5.66. The molecule has 0 heterocycles. The summed E-state index contributed by atoms with van der Waals surface area (Å²) in [6.45, 7) is 0. The number of carbonyl (C=O) groups excluding carboxylic acids is 1. The maximum Gasteiger partial charge on any atom is 0.323 e. The van der Waals surface area contributed by atoms with Crippen LogP contribution in [0.25, 0.3) is 0 Å². The standard InChI is InChI=1S/C17H22N2O2/c1-21-16(20)15(12-14-8-4-2-5-9-14)19-17(13-18)10-6-3-7-11-17/h2,4-5,8-9,15,19H,3,6-7,10-12H2,1H3/t15-/m0/s1.